The van der Waals surface area contributed by atoms with E-state index in [-0.39, 0.29) is 5.82 Å². The van der Waals surface area contributed by atoms with Gasteiger partial charge in [0.2, 0.25) is 0 Å². The molecule has 96 valence electrons. The molecule has 0 saturated heterocycles. The van der Waals surface area contributed by atoms with Crippen LogP contribution < -0.4 is 5.73 Å². The molecule has 1 atom stereocenters. The van der Waals surface area contributed by atoms with Crippen LogP contribution in [0.5, 0.6) is 0 Å². The summed E-state index contributed by atoms with van der Waals surface area (Å²) < 4.78 is 13.7. The van der Waals surface area contributed by atoms with E-state index in [4.69, 9.17) is 17.3 Å². The van der Waals surface area contributed by atoms with Crippen LogP contribution in [0.3, 0.4) is 0 Å². The van der Waals surface area contributed by atoms with Crippen LogP contribution in [0.15, 0.2) is 30.3 Å². The smallest absolute Gasteiger partial charge is 0.129 e. The van der Waals surface area contributed by atoms with Crippen molar-refractivity contribution in [3.05, 3.63) is 56.5 Å². The first-order valence-electron chi connectivity index (χ1n) is 5.89. The minimum absolute atomic E-state index is 0.331. The van der Waals surface area contributed by atoms with Crippen LogP contribution in [0, 0.1) is 5.82 Å². The van der Waals surface area contributed by atoms with Crippen LogP contribution in [0.4, 0.5) is 4.39 Å². The number of hydrogen-bond donors (Lipinski definition) is 1. The normalized spacial score (nSPS) is 12.7. The topological polar surface area (TPSA) is 26.0 Å². The third kappa shape index (κ3) is 2.91. The molecule has 18 heavy (non-hydrogen) atoms. The van der Waals surface area contributed by atoms with E-state index in [1.165, 1.54) is 15.8 Å². The summed E-state index contributed by atoms with van der Waals surface area (Å²) in [5.41, 5.74) is 6.47. The zero-order chi connectivity index (χ0) is 13.1. The van der Waals surface area contributed by atoms with Crippen LogP contribution in [0.2, 0.25) is 5.02 Å². The van der Waals surface area contributed by atoms with Gasteiger partial charge in [-0.25, -0.2) is 4.39 Å². The monoisotopic (exact) mass is 283 g/mol. The van der Waals surface area contributed by atoms with Gasteiger partial charge < -0.3 is 5.73 Å². The Hall–Kier alpha value is -0.900. The molecular weight excluding hydrogens is 269 g/mol. The van der Waals surface area contributed by atoms with Gasteiger partial charge in [0.05, 0.1) is 0 Å². The molecule has 0 aliphatic heterocycles. The molecule has 0 aliphatic rings. The van der Waals surface area contributed by atoms with Crippen molar-refractivity contribution in [1.82, 2.24) is 0 Å². The number of aryl methyl sites for hydroxylation is 1. The number of halogens is 2. The molecular formula is C14H15ClFNS. The fourth-order valence-corrected chi connectivity index (χ4v) is 3.23. The Morgan fingerprint density at radius 3 is 2.61 bits per heavy atom. The van der Waals surface area contributed by atoms with Crippen molar-refractivity contribution in [3.8, 4) is 0 Å². The van der Waals surface area contributed by atoms with Crippen LogP contribution in [-0.2, 0) is 12.8 Å². The van der Waals surface area contributed by atoms with Crippen molar-refractivity contribution >= 4 is 22.9 Å². The van der Waals surface area contributed by atoms with E-state index in [2.05, 4.69) is 19.1 Å². The van der Waals surface area contributed by atoms with Crippen molar-refractivity contribution in [2.24, 2.45) is 5.73 Å². The molecule has 1 heterocycles. The van der Waals surface area contributed by atoms with E-state index in [0.717, 1.165) is 6.42 Å². The summed E-state index contributed by atoms with van der Waals surface area (Å²) in [5.74, 6) is -0.331. The molecule has 1 aromatic carbocycles. The number of nitrogens with two attached hydrogens (primary N) is 1. The maximum atomic E-state index is 13.7. The number of benzene rings is 1. The highest BCUT2D eigenvalue weighted by atomic mass is 35.5. The van der Waals surface area contributed by atoms with Crippen LogP contribution >= 0.6 is 22.9 Å². The second kappa shape index (κ2) is 5.83. The standard InChI is InChI=1S/C14H15ClFNS/c1-2-9-6-7-10(18-9)8-13(17)14-11(15)4-3-5-12(14)16/h3-7,13H,2,8,17H2,1H3. The summed E-state index contributed by atoms with van der Waals surface area (Å²) in [6.07, 6.45) is 1.63. The lowest BCUT2D eigenvalue weighted by molar-refractivity contribution is 0.582. The average molecular weight is 284 g/mol. The average Bonchev–Trinajstić information content (AvgIpc) is 2.76. The summed E-state index contributed by atoms with van der Waals surface area (Å²) in [6, 6.07) is 8.41. The van der Waals surface area contributed by atoms with Crippen LogP contribution in [-0.4, -0.2) is 0 Å². The molecule has 2 rings (SSSR count). The van der Waals surface area contributed by atoms with Crippen molar-refractivity contribution in [1.29, 1.82) is 0 Å². The predicted octanol–water partition coefficient (Wildman–Crippen LogP) is 4.35. The summed E-state index contributed by atoms with van der Waals surface area (Å²) in [7, 11) is 0. The highest BCUT2D eigenvalue weighted by Crippen LogP contribution is 2.28. The van der Waals surface area contributed by atoms with Gasteiger partial charge in [0.15, 0.2) is 0 Å². The van der Waals surface area contributed by atoms with E-state index in [9.17, 15) is 4.39 Å². The molecule has 1 unspecified atom stereocenters. The molecule has 0 saturated carbocycles. The largest absolute Gasteiger partial charge is 0.324 e. The Kier molecular flexibility index (Phi) is 4.38. The van der Waals surface area contributed by atoms with Gasteiger partial charge in [0.1, 0.15) is 5.82 Å². The Labute approximate surface area is 115 Å². The molecule has 0 fully saturated rings. The van der Waals surface area contributed by atoms with Gasteiger partial charge in [0.25, 0.3) is 0 Å². The Bertz CT molecular complexity index is 518. The molecule has 0 spiro atoms. The highest BCUT2D eigenvalue weighted by Gasteiger charge is 2.16. The zero-order valence-electron chi connectivity index (χ0n) is 10.1. The lowest BCUT2D eigenvalue weighted by atomic mass is 10.0. The number of rotatable bonds is 4. The van der Waals surface area contributed by atoms with Gasteiger partial charge in [-0.3, -0.25) is 0 Å². The first-order chi connectivity index (χ1) is 8.61. The zero-order valence-corrected chi connectivity index (χ0v) is 11.7. The summed E-state index contributed by atoms with van der Waals surface area (Å²) in [6.45, 7) is 2.11. The highest BCUT2D eigenvalue weighted by molar-refractivity contribution is 7.11. The van der Waals surface area contributed by atoms with Gasteiger partial charge in [-0.15, -0.1) is 11.3 Å². The van der Waals surface area contributed by atoms with Gasteiger partial charge in [-0.05, 0) is 30.7 Å². The third-order valence-electron chi connectivity index (χ3n) is 2.86. The first-order valence-corrected chi connectivity index (χ1v) is 7.08. The summed E-state index contributed by atoms with van der Waals surface area (Å²) in [4.78, 5) is 2.48. The molecule has 1 nitrogen and oxygen atoms in total. The van der Waals surface area contributed by atoms with Gasteiger partial charge in [-0.1, -0.05) is 24.6 Å². The van der Waals surface area contributed by atoms with E-state index in [1.807, 2.05) is 0 Å². The Morgan fingerprint density at radius 1 is 1.28 bits per heavy atom. The van der Waals surface area contributed by atoms with Crippen LogP contribution in [0.25, 0.3) is 0 Å². The van der Waals surface area contributed by atoms with Crippen molar-refractivity contribution in [2.75, 3.05) is 0 Å². The van der Waals surface area contributed by atoms with E-state index in [1.54, 1.807) is 23.5 Å². The minimum atomic E-state index is -0.401. The van der Waals surface area contributed by atoms with E-state index >= 15 is 0 Å². The molecule has 4 heteroatoms. The Morgan fingerprint density at radius 2 is 2.00 bits per heavy atom. The molecule has 0 aliphatic carbocycles. The van der Waals surface area contributed by atoms with Gasteiger partial charge >= 0.3 is 0 Å². The lowest BCUT2D eigenvalue weighted by Gasteiger charge is -2.13. The van der Waals surface area contributed by atoms with Crippen molar-refractivity contribution in [2.45, 2.75) is 25.8 Å². The number of thiophene rings is 1. The molecule has 2 aromatic rings. The SMILES string of the molecule is CCc1ccc(CC(N)c2c(F)cccc2Cl)s1. The molecule has 1 aromatic heterocycles. The van der Waals surface area contributed by atoms with Gasteiger partial charge in [0, 0.05) is 32.8 Å². The minimum Gasteiger partial charge on any atom is -0.324 e. The summed E-state index contributed by atoms with van der Waals surface area (Å²) >= 11 is 7.73. The predicted molar refractivity (Wildman–Crippen MR) is 75.7 cm³/mol. The second-order valence-electron chi connectivity index (χ2n) is 4.17. The van der Waals surface area contributed by atoms with Crippen molar-refractivity contribution in [3.63, 3.8) is 0 Å². The maximum Gasteiger partial charge on any atom is 0.129 e. The second-order valence-corrected chi connectivity index (χ2v) is 5.83. The lowest BCUT2D eigenvalue weighted by Crippen LogP contribution is -2.15. The molecule has 0 bridgehead atoms. The molecule has 0 radical (unpaired) electrons. The fourth-order valence-electron chi connectivity index (χ4n) is 1.91. The molecule has 0 amide bonds. The van der Waals surface area contributed by atoms with Gasteiger partial charge in [-0.2, -0.15) is 0 Å². The quantitative estimate of drug-likeness (QED) is 0.887. The van der Waals surface area contributed by atoms with Crippen LogP contribution in [0.1, 0.15) is 28.3 Å². The van der Waals surface area contributed by atoms with E-state index < -0.39 is 6.04 Å². The fraction of sp³-hybridized carbons (Fsp3) is 0.286. The molecule has 2 N–H and O–H groups in total. The van der Waals surface area contributed by atoms with Crippen molar-refractivity contribution < 1.29 is 4.39 Å². The summed E-state index contributed by atoms with van der Waals surface area (Å²) in [5, 5.41) is 0.398. The first kappa shape index (κ1) is 13.5. The number of hydrogen-bond acceptors (Lipinski definition) is 2. The third-order valence-corrected chi connectivity index (χ3v) is 4.44. The Balaban J connectivity index is 2.19. The van der Waals surface area contributed by atoms with E-state index in [0.29, 0.717) is 17.0 Å². The maximum absolute atomic E-state index is 13.7.